The Kier molecular flexibility index (Phi) is 5.22. The predicted octanol–water partition coefficient (Wildman–Crippen LogP) is 1.97. The fourth-order valence-electron chi connectivity index (χ4n) is 1.86. The first-order chi connectivity index (χ1) is 9.79. The Hall–Kier alpha value is -2.25. The molecule has 0 aliphatic rings. The Morgan fingerprint density at radius 1 is 1.40 bits per heavy atom. The summed E-state index contributed by atoms with van der Waals surface area (Å²) in [5, 5.41) is 0. The molecule has 1 aromatic heterocycles. The average molecular weight is 269 g/mol. The van der Waals surface area contributed by atoms with Crippen LogP contribution in [0, 0.1) is 18.8 Å². The zero-order chi connectivity index (χ0) is 14.2. The fraction of sp³-hybridized carbons (Fsp3) is 0.312. The van der Waals surface area contributed by atoms with Crippen LogP contribution in [-0.2, 0) is 6.54 Å². The second kappa shape index (κ2) is 7.37. The van der Waals surface area contributed by atoms with Crippen LogP contribution in [0.1, 0.15) is 17.5 Å². The largest absolute Gasteiger partial charge is 0.492 e. The van der Waals surface area contributed by atoms with E-state index in [9.17, 15) is 0 Å². The Morgan fingerprint density at radius 3 is 3.05 bits per heavy atom. The number of aromatic nitrogens is 2. The molecule has 4 heteroatoms. The van der Waals surface area contributed by atoms with Gasteiger partial charge in [-0.3, -0.25) is 0 Å². The molecule has 0 radical (unpaired) electrons. The number of nitrogens with zero attached hydrogens (tertiary/aromatic N) is 2. The van der Waals surface area contributed by atoms with E-state index in [1.165, 1.54) is 0 Å². The maximum atomic E-state index is 5.81. The van der Waals surface area contributed by atoms with E-state index in [4.69, 9.17) is 10.5 Å². The van der Waals surface area contributed by atoms with E-state index in [0.29, 0.717) is 13.2 Å². The minimum Gasteiger partial charge on any atom is -0.492 e. The van der Waals surface area contributed by atoms with Gasteiger partial charge in [0.1, 0.15) is 5.75 Å². The second-order valence-corrected chi connectivity index (χ2v) is 4.51. The van der Waals surface area contributed by atoms with E-state index in [1.807, 2.05) is 42.2 Å². The third kappa shape index (κ3) is 4.15. The number of hydrogen-bond donors (Lipinski definition) is 1. The molecule has 20 heavy (non-hydrogen) atoms. The van der Waals surface area contributed by atoms with Crippen molar-refractivity contribution in [3.63, 3.8) is 0 Å². The quantitative estimate of drug-likeness (QED) is 0.667. The fourth-order valence-corrected chi connectivity index (χ4v) is 1.86. The summed E-state index contributed by atoms with van der Waals surface area (Å²) in [6.07, 6.45) is 6.46. The summed E-state index contributed by atoms with van der Waals surface area (Å²) < 4.78 is 7.85. The van der Waals surface area contributed by atoms with Crippen LogP contribution in [0.2, 0.25) is 0 Å². The van der Waals surface area contributed by atoms with Crippen LogP contribution < -0.4 is 10.5 Å². The van der Waals surface area contributed by atoms with Gasteiger partial charge in [0.2, 0.25) is 0 Å². The number of ether oxygens (including phenoxy) is 1. The standard InChI is InChI=1S/C16H19N3O/c1-14-5-6-16(15(12-14)4-2-7-17)20-11-3-9-19-10-8-18-13-19/h5-6,8,10,12-13H,3,7,9,11,17H2,1H3. The van der Waals surface area contributed by atoms with Gasteiger partial charge in [0.25, 0.3) is 0 Å². The van der Waals surface area contributed by atoms with Crippen molar-refractivity contribution in [1.29, 1.82) is 0 Å². The van der Waals surface area contributed by atoms with Crippen LogP contribution in [0.25, 0.3) is 0 Å². The van der Waals surface area contributed by atoms with Crippen molar-refractivity contribution in [2.24, 2.45) is 5.73 Å². The monoisotopic (exact) mass is 269 g/mol. The smallest absolute Gasteiger partial charge is 0.134 e. The number of imidazole rings is 1. The maximum absolute atomic E-state index is 5.81. The molecule has 0 unspecified atom stereocenters. The lowest BCUT2D eigenvalue weighted by molar-refractivity contribution is 0.301. The molecule has 1 heterocycles. The minimum atomic E-state index is 0.355. The Morgan fingerprint density at radius 2 is 2.30 bits per heavy atom. The number of hydrogen-bond acceptors (Lipinski definition) is 3. The lowest BCUT2D eigenvalue weighted by atomic mass is 10.1. The summed E-state index contributed by atoms with van der Waals surface area (Å²) in [6, 6.07) is 6.01. The molecule has 2 N–H and O–H groups in total. The molecule has 2 aromatic rings. The number of rotatable bonds is 5. The Balaban J connectivity index is 1.91. The van der Waals surface area contributed by atoms with Gasteiger partial charge >= 0.3 is 0 Å². The zero-order valence-corrected chi connectivity index (χ0v) is 11.7. The van der Waals surface area contributed by atoms with Crippen molar-refractivity contribution in [3.05, 3.63) is 48.0 Å². The average Bonchev–Trinajstić information content (AvgIpc) is 2.96. The summed E-state index contributed by atoms with van der Waals surface area (Å²) in [5.74, 6) is 6.74. The van der Waals surface area contributed by atoms with Gasteiger partial charge in [0, 0.05) is 18.9 Å². The first kappa shape index (κ1) is 14.2. The van der Waals surface area contributed by atoms with Crippen molar-refractivity contribution >= 4 is 0 Å². The van der Waals surface area contributed by atoms with Gasteiger partial charge in [-0.05, 0) is 31.0 Å². The van der Waals surface area contributed by atoms with Gasteiger partial charge in [-0.2, -0.15) is 0 Å². The van der Waals surface area contributed by atoms with Crippen LogP contribution in [0.3, 0.4) is 0 Å². The molecule has 0 aliphatic heterocycles. The molecule has 0 bridgehead atoms. The Bertz CT molecular complexity index is 594. The molecule has 0 aliphatic carbocycles. The number of benzene rings is 1. The van der Waals surface area contributed by atoms with Gasteiger partial charge in [-0.15, -0.1) is 0 Å². The first-order valence-electron chi connectivity index (χ1n) is 6.67. The molecule has 2 rings (SSSR count). The highest BCUT2D eigenvalue weighted by molar-refractivity contribution is 5.48. The van der Waals surface area contributed by atoms with Gasteiger partial charge in [-0.1, -0.05) is 17.9 Å². The third-order valence-corrected chi connectivity index (χ3v) is 2.84. The number of nitrogens with two attached hydrogens (primary N) is 1. The van der Waals surface area contributed by atoms with Gasteiger partial charge in [-0.25, -0.2) is 4.98 Å². The van der Waals surface area contributed by atoms with Crippen molar-refractivity contribution in [3.8, 4) is 17.6 Å². The van der Waals surface area contributed by atoms with Crippen LogP contribution in [0.15, 0.2) is 36.9 Å². The molecule has 0 saturated carbocycles. The van der Waals surface area contributed by atoms with Crippen LogP contribution >= 0.6 is 0 Å². The van der Waals surface area contributed by atoms with E-state index in [-0.39, 0.29) is 0 Å². The normalized spacial score (nSPS) is 9.90. The summed E-state index contributed by atoms with van der Waals surface area (Å²) in [6.45, 7) is 3.94. The van der Waals surface area contributed by atoms with E-state index >= 15 is 0 Å². The molecule has 104 valence electrons. The van der Waals surface area contributed by atoms with Crippen molar-refractivity contribution in [2.75, 3.05) is 13.2 Å². The van der Waals surface area contributed by atoms with E-state index in [2.05, 4.69) is 16.8 Å². The topological polar surface area (TPSA) is 53.1 Å². The highest BCUT2D eigenvalue weighted by atomic mass is 16.5. The van der Waals surface area contributed by atoms with E-state index < -0.39 is 0 Å². The molecule has 0 saturated heterocycles. The zero-order valence-electron chi connectivity index (χ0n) is 11.7. The predicted molar refractivity (Wildman–Crippen MR) is 79.5 cm³/mol. The summed E-state index contributed by atoms with van der Waals surface area (Å²) >= 11 is 0. The highest BCUT2D eigenvalue weighted by Crippen LogP contribution is 2.19. The molecule has 0 amide bonds. The first-order valence-corrected chi connectivity index (χ1v) is 6.67. The lowest BCUT2D eigenvalue weighted by Gasteiger charge is -2.09. The third-order valence-electron chi connectivity index (χ3n) is 2.84. The van der Waals surface area contributed by atoms with Crippen LogP contribution in [0.4, 0.5) is 0 Å². The van der Waals surface area contributed by atoms with Crippen LogP contribution in [-0.4, -0.2) is 22.7 Å². The summed E-state index contributed by atoms with van der Waals surface area (Å²) in [4.78, 5) is 4.01. The number of aryl methyl sites for hydroxylation is 2. The molecule has 1 aromatic carbocycles. The van der Waals surface area contributed by atoms with E-state index in [1.54, 1.807) is 6.20 Å². The van der Waals surface area contributed by atoms with E-state index in [0.717, 1.165) is 29.8 Å². The molecule has 0 spiro atoms. The summed E-state index contributed by atoms with van der Waals surface area (Å²) in [5.41, 5.74) is 7.48. The SMILES string of the molecule is Cc1ccc(OCCCn2ccnc2)c(C#CCN)c1. The Labute approximate surface area is 119 Å². The summed E-state index contributed by atoms with van der Waals surface area (Å²) in [7, 11) is 0. The van der Waals surface area contributed by atoms with Crippen molar-refractivity contribution in [2.45, 2.75) is 19.9 Å². The van der Waals surface area contributed by atoms with Crippen molar-refractivity contribution < 1.29 is 4.74 Å². The second-order valence-electron chi connectivity index (χ2n) is 4.51. The molecular weight excluding hydrogens is 250 g/mol. The molecule has 4 nitrogen and oxygen atoms in total. The molecular formula is C16H19N3O. The molecule has 0 fully saturated rings. The van der Waals surface area contributed by atoms with Crippen molar-refractivity contribution in [1.82, 2.24) is 9.55 Å². The minimum absolute atomic E-state index is 0.355. The lowest BCUT2D eigenvalue weighted by Crippen LogP contribution is -2.04. The highest BCUT2D eigenvalue weighted by Gasteiger charge is 2.02. The van der Waals surface area contributed by atoms with Crippen LogP contribution in [0.5, 0.6) is 5.75 Å². The van der Waals surface area contributed by atoms with Gasteiger partial charge < -0.3 is 15.0 Å². The maximum Gasteiger partial charge on any atom is 0.134 e. The molecule has 0 atom stereocenters. The van der Waals surface area contributed by atoms with Gasteiger partial charge in [0.05, 0.1) is 25.0 Å². The van der Waals surface area contributed by atoms with Gasteiger partial charge in [0.15, 0.2) is 0 Å².